The number of hydrogen-bond acceptors (Lipinski definition) is 4. The van der Waals surface area contributed by atoms with E-state index in [2.05, 4.69) is 10.5 Å². The first-order valence-electron chi connectivity index (χ1n) is 4.55. The number of nitriles is 1. The summed E-state index contributed by atoms with van der Waals surface area (Å²) in [7, 11) is 0. The molecule has 0 fully saturated rings. The molecule has 0 radical (unpaired) electrons. The highest BCUT2D eigenvalue weighted by Crippen LogP contribution is 2.29. The van der Waals surface area contributed by atoms with Crippen molar-refractivity contribution in [1.82, 2.24) is 0 Å². The first-order chi connectivity index (χ1) is 8.34. The Hall–Kier alpha value is -2.56. The minimum Gasteiger partial charge on any atom is -0.364 e. The van der Waals surface area contributed by atoms with Gasteiger partial charge in [0.05, 0.1) is 11.3 Å². The second kappa shape index (κ2) is 5.18. The molecule has 0 bridgehead atoms. The molecule has 0 aliphatic carbocycles. The molecule has 0 spiro atoms. The molecule has 0 aliphatic rings. The van der Waals surface area contributed by atoms with Crippen molar-refractivity contribution < 1.29 is 18.0 Å². The Morgan fingerprint density at radius 2 is 1.89 bits per heavy atom. The standard InChI is InChI=1S/C10H7F3N4O/c11-10(12,13)6-1-3-7(4-2-6)16-17-8(5-14)9(15)18/h1-4,16H,(H2,15,18)/b17-8-. The molecule has 0 aromatic heterocycles. The van der Waals surface area contributed by atoms with Crippen molar-refractivity contribution in [3.05, 3.63) is 29.8 Å². The van der Waals surface area contributed by atoms with Gasteiger partial charge in [-0.25, -0.2) is 0 Å². The second-order valence-electron chi connectivity index (χ2n) is 3.12. The number of rotatable bonds is 3. The Morgan fingerprint density at radius 1 is 1.33 bits per heavy atom. The van der Waals surface area contributed by atoms with Crippen LogP contribution in [-0.2, 0) is 11.0 Å². The molecule has 3 N–H and O–H groups in total. The van der Waals surface area contributed by atoms with E-state index in [0.717, 1.165) is 24.3 Å². The fraction of sp³-hybridized carbons (Fsp3) is 0.100. The van der Waals surface area contributed by atoms with E-state index in [1.807, 2.05) is 0 Å². The molecule has 8 heteroatoms. The molecule has 1 amide bonds. The number of primary amides is 1. The number of hydrogen-bond donors (Lipinski definition) is 2. The molecular weight excluding hydrogens is 249 g/mol. The molecule has 0 saturated heterocycles. The van der Waals surface area contributed by atoms with Gasteiger partial charge in [-0.1, -0.05) is 0 Å². The Balaban J connectivity index is 2.83. The van der Waals surface area contributed by atoms with Crippen LogP contribution in [0.25, 0.3) is 0 Å². The Bertz CT molecular complexity index is 513. The maximum atomic E-state index is 12.2. The average Bonchev–Trinajstić information content (AvgIpc) is 2.29. The third kappa shape index (κ3) is 3.48. The number of carbonyl (C=O) groups excluding carboxylic acids is 1. The van der Waals surface area contributed by atoms with Crippen LogP contribution in [0.2, 0.25) is 0 Å². The topological polar surface area (TPSA) is 91.3 Å². The fourth-order valence-corrected chi connectivity index (χ4v) is 0.989. The summed E-state index contributed by atoms with van der Waals surface area (Å²) in [6, 6.07) is 5.35. The summed E-state index contributed by atoms with van der Waals surface area (Å²) in [5.74, 6) is -1.03. The Labute approximate surface area is 99.7 Å². The van der Waals surface area contributed by atoms with Gasteiger partial charge in [0.25, 0.3) is 5.91 Å². The van der Waals surface area contributed by atoms with E-state index in [9.17, 15) is 18.0 Å². The number of hydrazone groups is 1. The van der Waals surface area contributed by atoms with E-state index in [0.29, 0.717) is 0 Å². The summed E-state index contributed by atoms with van der Waals surface area (Å²) in [4.78, 5) is 10.6. The molecule has 0 aliphatic heterocycles. The van der Waals surface area contributed by atoms with Crippen LogP contribution in [0.15, 0.2) is 29.4 Å². The van der Waals surface area contributed by atoms with Crippen LogP contribution in [0.3, 0.4) is 0 Å². The minimum atomic E-state index is -4.42. The number of nitrogens with two attached hydrogens (primary N) is 1. The molecule has 0 saturated carbocycles. The summed E-state index contributed by atoms with van der Waals surface area (Å²) in [5.41, 5.74) is 5.87. The third-order valence-corrected chi connectivity index (χ3v) is 1.85. The number of alkyl halides is 3. The summed E-state index contributed by atoms with van der Waals surface area (Å²) in [6.45, 7) is 0. The molecule has 1 rings (SSSR count). The molecule has 18 heavy (non-hydrogen) atoms. The normalized spacial score (nSPS) is 11.8. The van der Waals surface area contributed by atoms with Gasteiger partial charge in [0, 0.05) is 0 Å². The molecular formula is C10H7F3N4O. The summed E-state index contributed by atoms with van der Waals surface area (Å²) in [6.07, 6.45) is -4.42. The van der Waals surface area contributed by atoms with Crippen molar-refractivity contribution >= 4 is 17.3 Å². The van der Waals surface area contributed by atoms with Gasteiger partial charge >= 0.3 is 6.18 Å². The number of nitrogens with zero attached hydrogens (tertiary/aromatic N) is 2. The monoisotopic (exact) mass is 256 g/mol. The van der Waals surface area contributed by atoms with Crippen molar-refractivity contribution in [1.29, 1.82) is 5.26 Å². The van der Waals surface area contributed by atoms with Crippen LogP contribution in [0.5, 0.6) is 0 Å². The highest BCUT2D eigenvalue weighted by molar-refractivity contribution is 6.44. The van der Waals surface area contributed by atoms with E-state index in [1.54, 1.807) is 0 Å². The lowest BCUT2D eigenvalue weighted by molar-refractivity contribution is -0.137. The molecule has 0 atom stereocenters. The van der Waals surface area contributed by atoms with Crippen molar-refractivity contribution in [2.24, 2.45) is 10.8 Å². The largest absolute Gasteiger partial charge is 0.416 e. The van der Waals surface area contributed by atoms with Gasteiger partial charge in [-0.05, 0) is 24.3 Å². The van der Waals surface area contributed by atoms with Crippen molar-refractivity contribution in [3.8, 4) is 6.07 Å². The van der Waals surface area contributed by atoms with Gasteiger partial charge in [0.1, 0.15) is 6.07 Å². The highest BCUT2D eigenvalue weighted by Gasteiger charge is 2.29. The van der Waals surface area contributed by atoms with Crippen LogP contribution in [-0.4, -0.2) is 11.6 Å². The summed E-state index contributed by atoms with van der Waals surface area (Å²) in [5, 5.41) is 11.8. The smallest absolute Gasteiger partial charge is 0.364 e. The average molecular weight is 256 g/mol. The molecule has 1 aromatic rings. The van der Waals surface area contributed by atoms with Gasteiger partial charge in [-0.3, -0.25) is 10.2 Å². The van der Waals surface area contributed by atoms with Crippen molar-refractivity contribution in [2.75, 3.05) is 5.43 Å². The lowest BCUT2D eigenvalue weighted by atomic mass is 10.2. The van der Waals surface area contributed by atoms with Gasteiger partial charge in [-0.15, -0.1) is 0 Å². The first kappa shape index (κ1) is 13.5. The van der Waals surface area contributed by atoms with Gasteiger partial charge in [0.15, 0.2) is 0 Å². The lowest BCUT2D eigenvalue weighted by Crippen LogP contribution is -2.22. The number of amides is 1. The molecule has 0 unspecified atom stereocenters. The van der Waals surface area contributed by atoms with Crippen LogP contribution in [0.4, 0.5) is 18.9 Å². The number of carbonyl (C=O) groups is 1. The minimum absolute atomic E-state index is 0.192. The van der Waals surface area contributed by atoms with Crippen molar-refractivity contribution in [3.63, 3.8) is 0 Å². The van der Waals surface area contributed by atoms with Gasteiger partial charge in [0.2, 0.25) is 5.71 Å². The fourth-order valence-electron chi connectivity index (χ4n) is 0.989. The first-order valence-corrected chi connectivity index (χ1v) is 4.55. The van der Waals surface area contributed by atoms with Crippen LogP contribution in [0.1, 0.15) is 5.56 Å². The van der Waals surface area contributed by atoms with Crippen molar-refractivity contribution in [2.45, 2.75) is 6.18 Å². The second-order valence-corrected chi connectivity index (χ2v) is 3.12. The lowest BCUT2D eigenvalue weighted by Gasteiger charge is -2.07. The number of benzene rings is 1. The summed E-state index contributed by atoms with van der Waals surface area (Å²) >= 11 is 0. The summed E-state index contributed by atoms with van der Waals surface area (Å²) < 4.78 is 36.7. The zero-order valence-corrected chi connectivity index (χ0v) is 8.82. The molecule has 94 valence electrons. The van der Waals surface area contributed by atoms with Gasteiger partial charge in [-0.2, -0.15) is 23.5 Å². The molecule has 0 heterocycles. The van der Waals surface area contributed by atoms with Crippen LogP contribution < -0.4 is 11.2 Å². The van der Waals surface area contributed by atoms with E-state index >= 15 is 0 Å². The third-order valence-electron chi connectivity index (χ3n) is 1.85. The number of anilines is 1. The number of halogens is 3. The van der Waals surface area contributed by atoms with Gasteiger partial charge < -0.3 is 5.73 Å². The van der Waals surface area contributed by atoms with E-state index in [1.165, 1.54) is 6.07 Å². The highest BCUT2D eigenvalue weighted by atomic mass is 19.4. The maximum Gasteiger partial charge on any atom is 0.416 e. The zero-order chi connectivity index (χ0) is 13.8. The molecule has 1 aromatic carbocycles. The molecule has 5 nitrogen and oxygen atoms in total. The quantitative estimate of drug-likeness (QED) is 0.633. The van der Waals surface area contributed by atoms with Crippen LogP contribution in [0, 0.1) is 11.3 Å². The number of nitrogens with one attached hydrogen (secondary N) is 1. The van der Waals surface area contributed by atoms with E-state index in [-0.39, 0.29) is 5.69 Å². The maximum absolute atomic E-state index is 12.2. The predicted octanol–water partition coefficient (Wildman–Crippen LogP) is 1.48. The van der Waals surface area contributed by atoms with E-state index in [4.69, 9.17) is 11.0 Å². The Kier molecular flexibility index (Phi) is 3.89. The SMILES string of the molecule is N#C/C(=N/Nc1ccc(C(F)(F)F)cc1)C(N)=O. The Morgan fingerprint density at radius 3 is 2.28 bits per heavy atom. The zero-order valence-electron chi connectivity index (χ0n) is 8.82. The predicted molar refractivity (Wildman–Crippen MR) is 57.3 cm³/mol. The van der Waals surface area contributed by atoms with E-state index < -0.39 is 23.4 Å². The van der Waals surface area contributed by atoms with Crippen LogP contribution >= 0.6 is 0 Å².